The number of hydrogen-bond acceptors (Lipinski definition) is 11. The van der Waals surface area contributed by atoms with Crippen LogP contribution < -0.4 is 0 Å². The average molecular weight is 645 g/mol. The van der Waals surface area contributed by atoms with E-state index in [9.17, 15) is 29.7 Å². The van der Waals surface area contributed by atoms with E-state index in [2.05, 4.69) is 11.1 Å². The number of nitrogens with zero attached hydrogens (tertiary/aromatic N) is 2. The van der Waals surface area contributed by atoms with Gasteiger partial charge >= 0.3 is 11.9 Å². The molecule has 0 radical (unpaired) electrons. The summed E-state index contributed by atoms with van der Waals surface area (Å²) in [6.07, 6.45) is 5.31. The van der Waals surface area contributed by atoms with Crippen LogP contribution in [0.2, 0.25) is 0 Å². The SMILES string of the molecule is CC1CCCC(OC(=O)Cn2ccnc2)C(C)C(=O)C2=CC3C4CC(O[C@@H]5O[C@@H](C)[C@H](O)[C@@H](O)[C@H]5O)CC4CCC3C2CC(=O)O1. The van der Waals surface area contributed by atoms with Gasteiger partial charge in [-0.2, -0.15) is 0 Å². The third-order valence-electron chi connectivity index (χ3n) is 11.2. The Morgan fingerprint density at radius 1 is 1.02 bits per heavy atom. The van der Waals surface area contributed by atoms with Gasteiger partial charge in [0.25, 0.3) is 0 Å². The maximum Gasteiger partial charge on any atom is 0.326 e. The molecule has 254 valence electrons. The number of imidazole rings is 1. The van der Waals surface area contributed by atoms with Crippen molar-refractivity contribution in [3.63, 3.8) is 0 Å². The maximum atomic E-state index is 14.3. The molecule has 0 spiro atoms. The minimum Gasteiger partial charge on any atom is -0.463 e. The number of esters is 2. The number of ether oxygens (including phenoxy) is 4. The predicted octanol–water partition coefficient (Wildman–Crippen LogP) is 2.33. The molecule has 3 aliphatic carbocycles. The summed E-state index contributed by atoms with van der Waals surface area (Å²) in [6, 6.07) is 0. The summed E-state index contributed by atoms with van der Waals surface area (Å²) in [6.45, 7) is 5.35. The van der Waals surface area contributed by atoms with Gasteiger partial charge in [0.15, 0.2) is 12.1 Å². The van der Waals surface area contributed by atoms with Gasteiger partial charge in [-0.05, 0) is 88.0 Å². The number of fused-ring (bicyclic) bond motifs is 5. The first kappa shape index (κ1) is 33.3. The molecule has 2 aliphatic heterocycles. The van der Waals surface area contributed by atoms with E-state index in [-0.39, 0.29) is 60.6 Å². The van der Waals surface area contributed by atoms with Gasteiger partial charge in [-0.15, -0.1) is 0 Å². The van der Waals surface area contributed by atoms with Crippen LogP contribution in [0.4, 0.5) is 0 Å². The molecule has 4 fully saturated rings. The molecule has 12 heteroatoms. The highest BCUT2D eigenvalue weighted by molar-refractivity contribution is 5.99. The Morgan fingerprint density at radius 3 is 2.59 bits per heavy atom. The van der Waals surface area contributed by atoms with Gasteiger partial charge in [0.1, 0.15) is 31.0 Å². The van der Waals surface area contributed by atoms with Crippen molar-refractivity contribution >= 4 is 17.7 Å². The Morgan fingerprint density at radius 2 is 1.83 bits per heavy atom. The number of cyclic esters (lactones) is 1. The number of ketones is 1. The Kier molecular flexibility index (Phi) is 10.0. The fourth-order valence-corrected chi connectivity index (χ4v) is 8.75. The van der Waals surface area contributed by atoms with Crippen LogP contribution in [0.3, 0.4) is 0 Å². The quantitative estimate of drug-likeness (QED) is 0.403. The second-order valence-corrected chi connectivity index (χ2v) is 14.2. The molecular formula is C34H48N2O10. The van der Waals surface area contributed by atoms with Crippen LogP contribution >= 0.6 is 0 Å². The van der Waals surface area contributed by atoms with Crippen LogP contribution in [0.1, 0.15) is 72.1 Å². The number of aliphatic hydroxyl groups excluding tert-OH is 3. The van der Waals surface area contributed by atoms with Crippen LogP contribution in [0, 0.1) is 35.5 Å². The fourth-order valence-electron chi connectivity index (χ4n) is 8.75. The smallest absolute Gasteiger partial charge is 0.326 e. The molecule has 14 atom stereocenters. The van der Waals surface area contributed by atoms with Crippen molar-refractivity contribution in [2.45, 2.75) is 128 Å². The summed E-state index contributed by atoms with van der Waals surface area (Å²) in [5, 5.41) is 30.9. The van der Waals surface area contributed by atoms with Crippen molar-refractivity contribution in [2.75, 3.05) is 0 Å². The second-order valence-electron chi connectivity index (χ2n) is 14.2. The Balaban J connectivity index is 1.20. The molecule has 1 aromatic rings. The largest absolute Gasteiger partial charge is 0.463 e. The van der Waals surface area contributed by atoms with Crippen LogP contribution in [0.25, 0.3) is 0 Å². The molecule has 2 saturated carbocycles. The number of hydrogen-bond donors (Lipinski definition) is 3. The number of rotatable bonds is 5. The van der Waals surface area contributed by atoms with Crippen molar-refractivity contribution in [2.24, 2.45) is 35.5 Å². The van der Waals surface area contributed by atoms with E-state index in [4.69, 9.17) is 18.9 Å². The van der Waals surface area contributed by atoms with Crippen molar-refractivity contribution in [1.82, 2.24) is 9.55 Å². The minimum atomic E-state index is -1.36. The summed E-state index contributed by atoms with van der Waals surface area (Å²) in [5.41, 5.74) is 0.644. The summed E-state index contributed by atoms with van der Waals surface area (Å²) in [7, 11) is 0. The van der Waals surface area contributed by atoms with Gasteiger partial charge in [-0.25, -0.2) is 4.98 Å². The molecule has 2 saturated heterocycles. The molecule has 5 aliphatic rings. The molecule has 0 bridgehead atoms. The lowest BCUT2D eigenvalue weighted by Crippen LogP contribution is -2.57. The Labute approximate surface area is 269 Å². The molecular weight excluding hydrogens is 596 g/mol. The fraction of sp³-hybridized carbons (Fsp3) is 0.765. The van der Waals surface area contributed by atoms with Gasteiger partial charge in [0, 0.05) is 18.3 Å². The van der Waals surface area contributed by atoms with E-state index in [1.807, 2.05) is 13.8 Å². The van der Waals surface area contributed by atoms with Gasteiger partial charge in [-0.3, -0.25) is 14.4 Å². The first-order valence-corrected chi connectivity index (χ1v) is 17.0. The first-order chi connectivity index (χ1) is 22.0. The summed E-state index contributed by atoms with van der Waals surface area (Å²) >= 11 is 0. The van der Waals surface area contributed by atoms with Crippen LogP contribution in [0.5, 0.6) is 0 Å². The monoisotopic (exact) mass is 644 g/mol. The maximum absolute atomic E-state index is 14.3. The highest BCUT2D eigenvalue weighted by Crippen LogP contribution is 2.56. The lowest BCUT2D eigenvalue weighted by atomic mass is 9.66. The van der Waals surface area contributed by atoms with Crippen molar-refractivity contribution in [3.05, 3.63) is 30.4 Å². The molecule has 0 amide bonds. The highest BCUT2D eigenvalue weighted by atomic mass is 16.7. The van der Waals surface area contributed by atoms with E-state index < -0.39 is 48.7 Å². The van der Waals surface area contributed by atoms with E-state index in [0.29, 0.717) is 37.2 Å². The lowest BCUT2D eigenvalue weighted by molar-refractivity contribution is -0.303. The van der Waals surface area contributed by atoms with E-state index in [1.165, 1.54) is 0 Å². The number of aliphatic hydroxyl groups is 3. The first-order valence-electron chi connectivity index (χ1n) is 17.0. The van der Waals surface area contributed by atoms with E-state index >= 15 is 0 Å². The molecule has 1 aromatic heterocycles. The Hall–Kier alpha value is -2.64. The van der Waals surface area contributed by atoms with Gasteiger partial charge < -0.3 is 38.8 Å². The number of allylic oxidation sites excluding steroid dienone is 2. The second kappa shape index (κ2) is 13.8. The molecule has 0 aromatic carbocycles. The standard InChI is InChI=1S/C34H48N2O10/c1-17-5-4-6-27(46-29(38)15-36-10-9-35-16-36)18(2)30(39)26-13-24-22(25(26)14-28(37)43-17)8-7-20-11-21(12-23(20)24)45-34-33(42)32(41)31(40)19(3)44-34/h9-10,13,16-25,27,31-34,40-42H,4-8,11-12,14-15H2,1-3H3/t17?,18?,19-,20?,21?,22?,23?,24?,25?,27?,31-,32+,33+,34-/m0/s1. The lowest BCUT2D eigenvalue weighted by Gasteiger charge is -2.40. The Bertz CT molecular complexity index is 1280. The van der Waals surface area contributed by atoms with Crippen LogP contribution in [0.15, 0.2) is 30.4 Å². The zero-order chi connectivity index (χ0) is 32.7. The summed E-state index contributed by atoms with van der Waals surface area (Å²) < 4.78 is 25.3. The topological polar surface area (TPSA) is 167 Å². The number of carbonyl (C=O) groups excluding carboxylic acids is 3. The predicted molar refractivity (Wildman–Crippen MR) is 162 cm³/mol. The molecule has 3 heterocycles. The van der Waals surface area contributed by atoms with Crippen LogP contribution in [-0.4, -0.2) is 91.6 Å². The number of Topliss-reactive ketones (excluding diaryl/α,β-unsaturated/α-hetero) is 1. The zero-order valence-electron chi connectivity index (χ0n) is 26.9. The normalized spacial score (nSPS) is 43.3. The average Bonchev–Trinajstić information content (AvgIpc) is 3.76. The van der Waals surface area contributed by atoms with E-state index in [0.717, 1.165) is 19.3 Å². The van der Waals surface area contributed by atoms with Gasteiger partial charge in [0.05, 0.1) is 37.0 Å². The number of carbonyl (C=O) groups is 3. The van der Waals surface area contributed by atoms with Crippen LogP contribution in [-0.2, 0) is 39.9 Å². The summed E-state index contributed by atoms with van der Waals surface area (Å²) in [5.74, 6) is -0.908. The van der Waals surface area contributed by atoms with Gasteiger partial charge in [0.2, 0.25) is 0 Å². The zero-order valence-corrected chi connectivity index (χ0v) is 26.9. The third-order valence-corrected chi connectivity index (χ3v) is 11.2. The molecule has 3 N–H and O–H groups in total. The molecule has 12 nitrogen and oxygen atoms in total. The van der Waals surface area contributed by atoms with Crippen molar-refractivity contribution < 1.29 is 48.7 Å². The van der Waals surface area contributed by atoms with Crippen molar-refractivity contribution in [1.29, 1.82) is 0 Å². The summed E-state index contributed by atoms with van der Waals surface area (Å²) in [4.78, 5) is 44.3. The molecule has 6 rings (SSSR count). The highest BCUT2D eigenvalue weighted by Gasteiger charge is 2.53. The van der Waals surface area contributed by atoms with E-state index in [1.54, 1.807) is 30.2 Å². The van der Waals surface area contributed by atoms with Gasteiger partial charge in [-0.1, -0.05) is 13.0 Å². The molecule has 9 unspecified atom stereocenters. The molecule has 46 heavy (non-hydrogen) atoms. The third kappa shape index (κ3) is 6.82. The minimum absolute atomic E-state index is 0.00851. The van der Waals surface area contributed by atoms with Crippen molar-refractivity contribution in [3.8, 4) is 0 Å². The number of aromatic nitrogens is 2.